The SMILES string of the molecule is CC(=O)Nc1cccc(NC(=O)c2sc(COc3ccc(C)cc3)nc2C)c1. The monoisotopic (exact) mass is 395 g/mol. The molecule has 28 heavy (non-hydrogen) atoms. The van der Waals surface area contributed by atoms with Gasteiger partial charge in [0.1, 0.15) is 22.2 Å². The molecule has 0 saturated carbocycles. The zero-order valence-corrected chi connectivity index (χ0v) is 16.7. The van der Waals surface area contributed by atoms with E-state index in [0.29, 0.717) is 28.6 Å². The Labute approximate surface area is 167 Å². The van der Waals surface area contributed by atoms with Crippen molar-refractivity contribution in [2.75, 3.05) is 10.6 Å². The number of rotatable bonds is 6. The highest BCUT2D eigenvalue weighted by Gasteiger charge is 2.16. The molecule has 0 radical (unpaired) electrons. The molecule has 0 unspecified atom stereocenters. The van der Waals surface area contributed by atoms with Crippen LogP contribution in [0.3, 0.4) is 0 Å². The van der Waals surface area contributed by atoms with Crippen LogP contribution in [-0.4, -0.2) is 16.8 Å². The number of thiazole rings is 1. The van der Waals surface area contributed by atoms with Crippen LogP contribution in [0.15, 0.2) is 48.5 Å². The Morgan fingerprint density at radius 2 is 1.71 bits per heavy atom. The molecule has 0 atom stereocenters. The summed E-state index contributed by atoms with van der Waals surface area (Å²) in [6.45, 7) is 5.56. The number of carbonyl (C=O) groups is 2. The van der Waals surface area contributed by atoms with Gasteiger partial charge < -0.3 is 15.4 Å². The Balaban J connectivity index is 1.66. The molecule has 6 nitrogen and oxygen atoms in total. The van der Waals surface area contributed by atoms with Gasteiger partial charge in [0, 0.05) is 18.3 Å². The number of carbonyl (C=O) groups excluding carboxylic acids is 2. The fourth-order valence-electron chi connectivity index (χ4n) is 2.57. The van der Waals surface area contributed by atoms with Crippen molar-refractivity contribution in [1.29, 1.82) is 0 Å². The van der Waals surface area contributed by atoms with Crippen LogP contribution >= 0.6 is 11.3 Å². The number of hydrogen-bond acceptors (Lipinski definition) is 5. The van der Waals surface area contributed by atoms with Gasteiger partial charge in [0.2, 0.25) is 5.91 Å². The van der Waals surface area contributed by atoms with E-state index >= 15 is 0 Å². The molecule has 1 heterocycles. The summed E-state index contributed by atoms with van der Waals surface area (Å²) in [4.78, 5) is 28.8. The van der Waals surface area contributed by atoms with Gasteiger partial charge in [-0.2, -0.15) is 0 Å². The second-order valence-electron chi connectivity index (χ2n) is 6.34. The lowest BCUT2D eigenvalue weighted by molar-refractivity contribution is -0.114. The Morgan fingerprint density at radius 3 is 2.39 bits per heavy atom. The first kappa shape index (κ1) is 19.6. The van der Waals surface area contributed by atoms with Crippen molar-refractivity contribution in [1.82, 2.24) is 4.98 Å². The third kappa shape index (κ3) is 5.17. The standard InChI is InChI=1S/C21H21N3O3S/c1-13-7-9-18(10-8-13)27-12-19-22-14(2)20(28-19)21(26)24-17-6-4-5-16(11-17)23-15(3)25/h4-11H,12H2,1-3H3,(H,23,25)(H,24,26). The minimum absolute atomic E-state index is 0.167. The van der Waals surface area contributed by atoms with Gasteiger partial charge in [0.05, 0.1) is 5.69 Å². The molecule has 0 bridgehead atoms. The summed E-state index contributed by atoms with van der Waals surface area (Å²) in [6.07, 6.45) is 0. The Kier molecular flexibility index (Phi) is 6.06. The molecule has 0 aliphatic carbocycles. The summed E-state index contributed by atoms with van der Waals surface area (Å²) >= 11 is 1.31. The van der Waals surface area contributed by atoms with Crippen LogP contribution < -0.4 is 15.4 Å². The molecule has 2 amide bonds. The van der Waals surface area contributed by atoms with Crippen molar-refractivity contribution in [2.45, 2.75) is 27.4 Å². The Bertz CT molecular complexity index is 996. The number of benzene rings is 2. The van der Waals surface area contributed by atoms with Gasteiger partial charge >= 0.3 is 0 Å². The lowest BCUT2D eigenvalue weighted by atomic mass is 10.2. The van der Waals surface area contributed by atoms with E-state index in [0.717, 1.165) is 10.8 Å². The number of hydrogen-bond donors (Lipinski definition) is 2. The molecule has 2 N–H and O–H groups in total. The van der Waals surface area contributed by atoms with Crippen molar-refractivity contribution in [2.24, 2.45) is 0 Å². The average molecular weight is 395 g/mol. The fraction of sp³-hybridized carbons (Fsp3) is 0.190. The maximum Gasteiger partial charge on any atom is 0.267 e. The molecule has 0 aliphatic rings. The zero-order chi connectivity index (χ0) is 20.1. The van der Waals surface area contributed by atoms with E-state index in [1.807, 2.05) is 31.2 Å². The van der Waals surface area contributed by atoms with Crippen molar-refractivity contribution >= 4 is 34.5 Å². The van der Waals surface area contributed by atoms with Crippen molar-refractivity contribution in [3.05, 3.63) is 69.7 Å². The van der Waals surface area contributed by atoms with Crippen LogP contribution in [0.25, 0.3) is 0 Å². The second-order valence-corrected chi connectivity index (χ2v) is 7.42. The van der Waals surface area contributed by atoms with Crippen LogP contribution in [0.5, 0.6) is 5.75 Å². The number of nitrogens with one attached hydrogen (secondary N) is 2. The fourth-order valence-corrected chi connectivity index (χ4v) is 3.44. The molecule has 2 aromatic carbocycles. The van der Waals surface area contributed by atoms with Gasteiger partial charge in [-0.15, -0.1) is 11.3 Å². The summed E-state index contributed by atoms with van der Waals surface area (Å²) in [5.74, 6) is 0.357. The van der Waals surface area contributed by atoms with E-state index in [9.17, 15) is 9.59 Å². The summed E-state index contributed by atoms with van der Waals surface area (Å²) < 4.78 is 5.74. The van der Waals surface area contributed by atoms with Gasteiger partial charge in [0.25, 0.3) is 5.91 Å². The maximum atomic E-state index is 12.6. The van der Waals surface area contributed by atoms with Gasteiger partial charge in [-0.1, -0.05) is 23.8 Å². The molecule has 144 valence electrons. The summed E-state index contributed by atoms with van der Waals surface area (Å²) in [6, 6.07) is 14.8. The van der Waals surface area contributed by atoms with E-state index in [4.69, 9.17) is 4.74 Å². The number of nitrogens with zero attached hydrogens (tertiary/aromatic N) is 1. The number of amides is 2. The van der Waals surface area contributed by atoms with E-state index in [-0.39, 0.29) is 11.8 Å². The minimum Gasteiger partial charge on any atom is -0.486 e. The molecule has 1 aromatic heterocycles. The van der Waals surface area contributed by atoms with Crippen LogP contribution in [0.2, 0.25) is 0 Å². The number of aryl methyl sites for hydroxylation is 2. The number of ether oxygens (including phenoxy) is 1. The largest absolute Gasteiger partial charge is 0.486 e. The summed E-state index contributed by atoms with van der Waals surface area (Å²) in [7, 11) is 0. The lowest BCUT2D eigenvalue weighted by Crippen LogP contribution is -2.12. The minimum atomic E-state index is -0.239. The Morgan fingerprint density at radius 1 is 1.04 bits per heavy atom. The number of aromatic nitrogens is 1. The van der Waals surface area contributed by atoms with Crippen molar-refractivity contribution in [3.63, 3.8) is 0 Å². The third-order valence-electron chi connectivity index (χ3n) is 3.87. The first-order valence-electron chi connectivity index (χ1n) is 8.75. The quantitative estimate of drug-likeness (QED) is 0.642. The van der Waals surface area contributed by atoms with E-state index in [1.165, 1.54) is 23.8 Å². The van der Waals surface area contributed by atoms with Crippen LogP contribution in [0, 0.1) is 13.8 Å². The lowest BCUT2D eigenvalue weighted by Gasteiger charge is -2.07. The van der Waals surface area contributed by atoms with Crippen LogP contribution in [0.4, 0.5) is 11.4 Å². The molecular weight excluding hydrogens is 374 g/mol. The van der Waals surface area contributed by atoms with E-state index in [1.54, 1.807) is 31.2 Å². The highest BCUT2D eigenvalue weighted by molar-refractivity contribution is 7.13. The van der Waals surface area contributed by atoms with Crippen molar-refractivity contribution in [3.8, 4) is 5.75 Å². The molecule has 0 fully saturated rings. The highest BCUT2D eigenvalue weighted by atomic mass is 32.1. The molecular formula is C21H21N3O3S. The second kappa shape index (κ2) is 8.67. The normalized spacial score (nSPS) is 10.4. The predicted molar refractivity (Wildman–Crippen MR) is 111 cm³/mol. The average Bonchev–Trinajstić information content (AvgIpc) is 3.02. The topological polar surface area (TPSA) is 80.3 Å². The highest BCUT2D eigenvalue weighted by Crippen LogP contribution is 2.23. The van der Waals surface area contributed by atoms with Gasteiger partial charge in [0.15, 0.2) is 0 Å². The van der Waals surface area contributed by atoms with Gasteiger partial charge in [-0.05, 0) is 44.2 Å². The molecule has 7 heteroatoms. The van der Waals surface area contributed by atoms with Crippen molar-refractivity contribution < 1.29 is 14.3 Å². The van der Waals surface area contributed by atoms with E-state index < -0.39 is 0 Å². The van der Waals surface area contributed by atoms with Crippen LogP contribution in [-0.2, 0) is 11.4 Å². The first-order chi connectivity index (χ1) is 13.4. The maximum absolute atomic E-state index is 12.6. The predicted octanol–water partition coefficient (Wildman–Crippen LogP) is 4.55. The van der Waals surface area contributed by atoms with Gasteiger partial charge in [-0.3, -0.25) is 9.59 Å². The number of anilines is 2. The summed E-state index contributed by atoms with van der Waals surface area (Å²) in [5, 5.41) is 6.27. The summed E-state index contributed by atoms with van der Waals surface area (Å²) in [5.41, 5.74) is 3.04. The molecule has 0 spiro atoms. The molecule has 3 aromatic rings. The zero-order valence-electron chi connectivity index (χ0n) is 15.9. The smallest absolute Gasteiger partial charge is 0.267 e. The van der Waals surface area contributed by atoms with Gasteiger partial charge in [-0.25, -0.2) is 4.98 Å². The molecule has 0 saturated heterocycles. The van der Waals surface area contributed by atoms with Crippen LogP contribution in [0.1, 0.15) is 32.9 Å². The Hall–Kier alpha value is -3.19. The third-order valence-corrected chi connectivity index (χ3v) is 5.00. The molecule has 3 rings (SSSR count). The first-order valence-corrected chi connectivity index (χ1v) is 9.57. The van der Waals surface area contributed by atoms with E-state index in [2.05, 4.69) is 15.6 Å². The molecule has 0 aliphatic heterocycles.